The van der Waals surface area contributed by atoms with Crippen LogP contribution in [0.15, 0.2) is 10.7 Å². The Kier molecular flexibility index (Phi) is 3.79. The van der Waals surface area contributed by atoms with Gasteiger partial charge in [0.15, 0.2) is 0 Å². The lowest BCUT2D eigenvalue weighted by atomic mass is 10.1. The largest absolute Gasteiger partial charge is 0.280 e. The van der Waals surface area contributed by atoms with E-state index in [2.05, 4.69) is 36.8 Å². The van der Waals surface area contributed by atoms with Gasteiger partial charge in [0, 0.05) is 5.33 Å². The number of rotatable bonds is 2. The summed E-state index contributed by atoms with van der Waals surface area (Å²) in [6.07, 6.45) is -2.52. The molecule has 0 N–H and O–H groups in total. The Balaban J connectivity index is 3.27. The number of halogens is 4. The predicted octanol–water partition coefficient (Wildman–Crippen LogP) is 3.99. The van der Waals surface area contributed by atoms with Crippen molar-refractivity contribution in [1.82, 2.24) is 4.98 Å². The first-order valence-electron chi connectivity index (χ1n) is 3.56. The molecular weight excluding hydrogens is 308 g/mol. The second kappa shape index (κ2) is 4.46. The molecule has 1 nitrogen and oxygen atoms in total. The number of hydrogen-bond donors (Lipinski definition) is 0. The van der Waals surface area contributed by atoms with Gasteiger partial charge in [-0.1, -0.05) is 15.9 Å². The average Bonchev–Trinajstić information content (AvgIpc) is 2.08. The third kappa shape index (κ3) is 2.47. The Bertz CT molecular complexity index is 315. The molecule has 0 saturated heterocycles. The summed E-state index contributed by atoms with van der Waals surface area (Å²) in [5, 5.41) is 0.555. The van der Waals surface area contributed by atoms with E-state index < -0.39 is 6.43 Å². The zero-order chi connectivity index (χ0) is 10.0. The van der Waals surface area contributed by atoms with Gasteiger partial charge in [-0.05, 0) is 40.0 Å². The Morgan fingerprint density at radius 2 is 2.15 bits per heavy atom. The molecule has 0 saturated carbocycles. The molecule has 72 valence electrons. The lowest BCUT2D eigenvalue weighted by molar-refractivity contribution is 0.145. The van der Waals surface area contributed by atoms with E-state index in [4.69, 9.17) is 0 Å². The summed E-state index contributed by atoms with van der Waals surface area (Å²) < 4.78 is 25.3. The molecule has 1 rings (SSSR count). The van der Waals surface area contributed by atoms with Crippen molar-refractivity contribution in [1.29, 1.82) is 0 Å². The van der Waals surface area contributed by atoms with Crippen LogP contribution in [0.1, 0.15) is 23.2 Å². The highest BCUT2D eigenvalue weighted by molar-refractivity contribution is 9.10. The van der Waals surface area contributed by atoms with Crippen LogP contribution >= 0.6 is 31.9 Å². The third-order valence-corrected chi connectivity index (χ3v) is 2.75. The first-order valence-corrected chi connectivity index (χ1v) is 5.47. The maximum atomic E-state index is 12.4. The average molecular weight is 315 g/mol. The molecule has 5 heteroatoms. The zero-order valence-electron chi connectivity index (χ0n) is 6.82. The molecule has 0 aliphatic rings. The molecule has 0 aliphatic carbocycles. The van der Waals surface area contributed by atoms with Gasteiger partial charge in [0.25, 0.3) is 6.43 Å². The fraction of sp³-hybridized carbons (Fsp3) is 0.375. The molecule has 0 spiro atoms. The van der Waals surface area contributed by atoms with Gasteiger partial charge in [0.05, 0.1) is 0 Å². The van der Waals surface area contributed by atoms with Gasteiger partial charge in [0.1, 0.15) is 10.3 Å². The van der Waals surface area contributed by atoms with Crippen LogP contribution in [-0.4, -0.2) is 4.98 Å². The molecule has 1 aromatic rings. The summed E-state index contributed by atoms with van der Waals surface area (Å²) in [4.78, 5) is 3.73. The minimum atomic E-state index is -2.52. The Labute approximate surface area is 91.8 Å². The van der Waals surface area contributed by atoms with Gasteiger partial charge in [-0.25, -0.2) is 13.8 Å². The molecule has 0 unspecified atom stereocenters. The fourth-order valence-electron chi connectivity index (χ4n) is 0.999. The fourth-order valence-corrected chi connectivity index (χ4v) is 2.05. The maximum absolute atomic E-state index is 12.4. The molecule has 0 atom stereocenters. The minimum Gasteiger partial charge on any atom is -0.240 e. The van der Waals surface area contributed by atoms with Crippen LogP contribution in [0.25, 0.3) is 0 Å². The van der Waals surface area contributed by atoms with Gasteiger partial charge >= 0.3 is 0 Å². The van der Waals surface area contributed by atoms with Crippen molar-refractivity contribution in [3.63, 3.8) is 0 Å². The summed E-state index contributed by atoms with van der Waals surface area (Å²) in [5.74, 6) is 0. The van der Waals surface area contributed by atoms with Crippen LogP contribution in [0.5, 0.6) is 0 Å². The standard InChI is InChI=1S/C8H7Br2F2N/c1-4-5(3-9)2-6(10)13-7(4)8(11)12/h2,8H,3H2,1H3. The third-order valence-electron chi connectivity index (χ3n) is 1.74. The maximum Gasteiger partial charge on any atom is 0.280 e. The molecule has 0 bridgehead atoms. The highest BCUT2D eigenvalue weighted by Gasteiger charge is 2.15. The van der Waals surface area contributed by atoms with E-state index >= 15 is 0 Å². The molecule has 0 radical (unpaired) electrons. The molecule has 13 heavy (non-hydrogen) atoms. The number of hydrogen-bond acceptors (Lipinski definition) is 1. The summed E-state index contributed by atoms with van der Waals surface area (Å²) in [7, 11) is 0. The second-order valence-corrected chi connectivity index (χ2v) is 3.92. The number of aromatic nitrogens is 1. The Morgan fingerprint density at radius 1 is 1.54 bits per heavy atom. The van der Waals surface area contributed by atoms with E-state index in [1.807, 2.05) is 0 Å². The van der Waals surface area contributed by atoms with Crippen LogP contribution in [0.3, 0.4) is 0 Å². The van der Waals surface area contributed by atoms with Crippen molar-refractivity contribution in [2.75, 3.05) is 0 Å². The van der Waals surface area contributed by atoms with Crippen LogP contribution in [-0.2, 0) is 5.33 Å². The lowest BCUT2D eigenvalue weighted by Crippen LogP contribution is -1.99. The van der Waals surface area contributed by atoms with E-state index in [1.165, 1.54) is 0 Å². The minimum absolute atomic E-state index is 0.149. The first-order chi connectivity index (χ1) is 6.06. The lowest BCUT2D eigenvalue weighted by Gasteiger charge is -2.08. The number of alkyl halides is 3. The normalized spacial score (nSPS) is 10.9. The SMILES string of the molecule is Cc1c(CBr)cc(Br)nc1C(F)F. The molecule has 0 fully saturated rings. The molecule has 1 heterocycles. The van der Waals surface area contributed by atoms with Gasteiger partial charge in [0.2, 0.25) is 0 Å². The van der Waals surface area contributed by atoms with Gasteiger partial charge in [-0.2, -0.15) is 0 Å². The van der Waals surface area contributed by atoms with Crippen molar-refractivity contribution < 1.29 is 8.78 Å². The van der Waals surface area contributed by atoms with E-state index in [1.54, 1.807) is 13.0 Å². The van der Waals surface area contributed by atoms with Gasteiger partial charge < -0.3 is 0 Å². The quantitative estimate of drug-likeness (QED) is 0.594. The van der Waals surface area contributed by atoms with Crippen molar-refractivity contribution in [3.05, 3.63) is 27.5 Å². The smallest absolute Gasteiger partial charge is 0.240 e. The van der Waals surface area contributed by atoms with E-state index in [-0.39, 0.29) is 5.69 Å². The molecule has 1 aromatic heterocycles. The van der Waals surface area contributed by atoms with Crippen molar-refractivity contribution in [2.45, 2.75) is 18.7 Å². The summed E-state index contributed by atoms with van der Waals surface area (Å²) in [5.41, 5.74) is 1.23. The van der Waals surface area contributed by atoms with Gasteiger partial charge in [-0.15, -0.1) is 0 Å². The first kappa shape index (κ1) is 11.0. The monoisotopic (exact) mass is 313 g/mol. The van der Waals surface area contributed by atoms with Crippen molar-refractivity contribution in [2.24, 2.45) is 0 Å². The zero-order valence-corrected chi connectivity index (χ0v) is 9.99. The Hall–Kier alpha value is -0.0300. The highest BCUT2D eigenvalue weighted by Crippen LogP contribution is 2.26. The second-order valence-electron chi connectivity index (χ2n) is 2.55. The van der Waals surface area contributed by atoms with Crippen LogP contribution in [0.4, 0.5) is 8.78 Å². The number of nitrogens with zero attached hydrogens (tertiary/aromatic N) is 1. The predicted molar refractivity (Wildman–Crippen MR) is 54.3 cm³/mol. The molecular formula is C8H7Br2F2N. The van der Waals surface area contributed by atoms with Gasteiger partial charge in [-0.3, -0.25) is 0 Å². The highest BCUT2D eigenvalue weighted by atomic mass is 79.9. The van der Waals surface area contributed by atoms with E-state index in [9.17, 15) is 8.78 Å². The summed E-state index contributed by atoms with van der Waals surface area (Å²) in [6, 6.07) is 1.73. The Morgan fingerprint density at radius 3 is 2.62 bits per heavy atom. The van der Waals surface area contributed by atoms with Crippen LogP contribution < -0.4 is 0 Å². The molecule has 0 amide bonds. The van der Waals surface area contributed by atoms with Crippen LogP contribution in [0, 0.1) is 6.92 Å². The van der Waals surface area contributed by atoms with Crippen LogP contribution in [0.2, 0.25) is 0 Å². The topological polar surface area (TPSA) is 12.9 Å². The van der Waals surface area contributed by atoms with Crippen molar-refractivity contribution >= 4 is 31.9 Å². The summed E-state index contributed by atoms with van der Waals surface area (Å²) in [6.45, 7) is 1.65. The summed E-state index contributed by atoms with van der Waals surface area (Å²) >= 11 is 6.32. The number of pyridine rings is 1. The van der Waals surface area contributed by atoms with E-state index in [0.717, 1.165) is 5.56 Å². The molecule has 0 aromatic carbocycles. The van der Waals surface area contributed by atoms with Crippen molar-refractivity contribution in [3.8, 4) is 0 Å². The van der Waals surface area contributed by atoms with E-state index in [0.29, 0.717) is 15.5 Å². The molecule has 0 aliphatic heterocycles.